The predicted molar refractivity (Wildman–Crippen MR) is 393 cm³/mol. The van der Waals surface area contributed by atoms with Gasteiger partial charge in [0.25, 0.3) is 0 Å². The molecule has 0 bridgehead atoms. The van der Waals surface area contributed by atoms with Crippen molar-refractivity contribution < 1.29 is 49.3 Å². The monoisotopic (exact) mass is 1300 g/mol. The van der Waals surface area contributed by atoms with Crippen molar-refractivity contribution in [2.24, 2.45) is 0 Å². The zero-order chi connectivity index (χ0) is 67.4. The van der Waals surface area contributed by atoms with Crippen molar-refractivity contribution in [1.29, 1.82) is 0 Å². The molecule has 536 valence electrons. The fraction of sp³-hybridized carbons (Fsp3) is 0.756. The molecule has 0 aromatic heterocycles. The van der Waals surface area contributed by atoms with Gasteiger partial charge in [0.05, 0.1) is 25.4 Å². The van der Waals surface area contributed by atoms with Crippen molar-refractivity contribution in [3.8, 4) is 0 Å². The van der Waals surface area contributed by atoms with E-state index in [4.69, 9.17) is 14.2 Å². The highest BCUT2D eigenvalue weighted by Crippen LogP contribution is 2.26. The molecule has 1 aliphatic heterocycles. The summed E-state index contributed by atoms with van der Waals surface area (Å²) >= 11 is 0. The highest BCUT2D eigenvalue weighted by atomic mass is 16.7. The molecule has 11 nitrogen and oxygen atoms in total. The summed E-state index contributed by atoms with van der Waals surface area (Å²) in [5, 5.41) is 57.4. The molecule has 0 aromatic rings. The number of carbonyl (C=O) groups excluding carboxylic acids is 2. The highest BCUT2D eigenvalue weighted by Gasteiger charge is 2.47. The Morgan fingerprint density at radius 2 is 0.774 bits per heavy atom. The minimum Gasteiger partial charge on any atom is -0.454 e. The number of carbonyl (C=O) groups is 2. The molecule has 0 radical (unpaired) electrons. The summed E-state index contributed by atoms with van der Waals surface area (Å²) < 4.78 is 17.7. The third-order valence-electron chi connectivity index (χ3n) is 17.7. The van der Waals surface area contributed by atoms with Gasteiger partial charge in [-0.15, -0.1) is 0 Å². The highest BCUT2D eigenvalue weighted by molar-refractivity contribution is 5.80. The second-order valence-corrected chi connectivity index (χ2v) is 26.4. The van der Waals surface area contributed by atoms with Crippen molar-refractivity contribution >= 4 is 11.9 Å². The molecule has 1 saturated heterocycles. The molecule has 8 atom stereocenters. The molecule has 11 heteroatoms. The largest absolute Gasteiger partial charge is 0.454 e. The molecule has 1 fully saturated rings. The van der Waals surface area contributed by atoms with Crippen LogP contribution in [0, 0.1) is 0 Å². The first-order valence-electron chi connectivity index (χ1n) is 38.7. The number of allylic oxidation sites excluding steroid dienone is 17. The second-order valence-electron chi connectivity index (χ2n) is 26.4. The average Bonchev–Trinajstić information content (AvgIpc) is 0.910. The average molecular weight is 1300 g/mol. The number of aliphatic hydroxyl groups excluding tert-OH is 5. The van der Waals surface area contributed by atoms with Crippen molar-refractivity contribution in [3.05, 3.63) is 109 Å². The van der Waals surface area contributed by atoms with E-state index in [-0.39, 0.29) is 19.4 Å². The first kappa shape index (κ1) is 87.3. The smallest absolute Gasteiger partial charge is 0.306 e. The van der Waals surface area contributed by atoms with Crippen LogP contribution in [0.4, 0.5) is 0 Å². The van der Waals surface area contributed by atoms with E-state index in [2.05, 4.69) is 123 Å². The van der Waals surface area contributed by atoms with Crippen molar-refractivity contribution in [3.63, 3.8) is 0 Å². The number of ether oxygens (including phenoxy) is 3. The van der Waals surface area contributed by atoms with E-state index in [0.29, 0.717) is 12.8 Å². The summed E-state index contributed by atoms with van der Waals surface area (Å²) in [4.78, 5) is 26.8. The SMILES string of the molecule is CC/C=C\C/C=C\C/C=C\C/C=C\C/C=C\C/C=C\CCCCCCCCCC(O)C(=O)NC(COC1OC(CO)C(O)C(O)C1OC(=O)CCCCCCCCCCCCCCCCC/C=C\C/C=C\CCCCC)C(O)/C=C/CCCCCCCCCCCCC. The molecule has 1 heterocycles. The summed E-state index contributed by atoms with van der Waals surface area (Å²) in [6.45, 7) is 5.69. The first-order chi connectivity index (χ1) is 45.7. The van der Waals surface area contributed by atoms with Crippen LogP contribution in [0.25, 0.3) is 0 Å². The third kappa shape index (κ3) is 55.1. The van der Waals surface area contributed by atoms with Gasteiger partial charge in [-0.25, -0.2) is 0 Å². The third-order valence-corrected chi connectivity index (χ3v) is 17.7. The number of aliphatic hydroxyl groups is 5. The van der Waals surface area contributed by atoms with Crippen LogP contribution in [0.2, 0.25) is 0 Å². The van der Waals surface area contributed by atoms with E-state index < -0.39 is 67.4 Å². The summed E-state index contributed by atoms with van der Waals surface area (Å²) in [6.07, 6.45) is 84.1. The lowest BCUT2D eigenvalue weighted by atomic mass is 9.99. The van der Waals surface area contributed by atoms with Crippen LogP contribution < -0.4 is 5.32 Å². The van der Waals surface area contributed by atoms with Gasteiger partial charge in [-0.2, -0.15) is 0 Å². The van der Waals surface area contributed by atoms with E-state index in [1.807, 2.05) is 6.08 Å². The molecule has 6 N–H and O–H groups in total. The minimum atomic E-state index is -1.62. The first-order valence-corrected chi connectivity index (χ1v) is 38.7. The minimum absolute atomic E-state index is 0.120. The molecular formula is C82H143NO10. The Hall–Kier alpha value is -3.68. The summed E-state index contributed by atoms with van der Waals surface area (Å²) in [5.41, 5.74) is 0. The van der Waals surface area contributed by atoms with Crippen LogP contribution in [0.3, 0.4) is 0 Å². The van der Waals surface area contributed by atoms with Crippen molar-refractivity contribution in [2.45, 2.75) is 384 Å². The Morgan fingerprint density at radius 1 is 0.430 bits per heavy atom. The van der Waals surface area contributed by atoms with Crippen LogP contribution >= 0.6 is 0 Å². The van der Waals surface area contributed by atoms with Crippen LogP contribution in [0.5, 0.6) is 0 Å². The molecule has 0 aromatic carbocycles. The molecule has 0 saturated carbocycles. The van der Waals surface area contributed by atoms with Crippen LogP contribution in [0.15, 0.2) is 109 Å². The lowest BCUT2D eigenvalue weighted by Gasteiger charge is -2.41. The number of rotatable bonds is 66. The van der Waals surface area contributed by atoms with E-state index in [1.54, 1.807) is 6.08 Å². The van der Waals surface area contributed by atoms with Gasteiger partial charge in [-0.05, 0) is 109 Å². The van der Waals surface area contributed by atoms with Gasteiger partial charge in [0.15, 0.2) is 12.4 Å². The summed E-state index contributed by atoms with van der Waals surface area (Å²) in [5.74, 6) is -1.20. The van der Waals surface area contributed by atoms with E-state index >= 15 is 0 Å². The van der Waals surface area contributed by atoms with Gasteiger partial charge in [0.1, 0.15) is 24.4 Å². The second kappa shape index (κ2) is 68.3. The van der Waals surface area contributed by atoms with Crippen molar-refractivity contribution in [1.82, 2.24) is 5.32 Å². The van der Waals surface area contributed by atoms with Gasteiger partial charge in [-0.1, -0.05) is 329 Å². The molecule has 0 aliphatic carbocycles. The molecule has 1 aliphatic rings. The van der Waals surface area contributed by atoms with E-state index in [9.17, 15) is 35.1 Å². The molecule has 1 amide bonds. The lowest BCUT2D eigenvalue weighted by Crippen LogP contribution is -2.61. The Bertz CT molecular complexity index is 1940. The van der Waals surface area contributed by atoms with E-state index in [0.717, 1.165) is 122 Å². The zero-order valence-corrected chi connectivity index (χ0v) is 59.9. The van der Waals surface area contributed by atoms with Gasteiger partial charge in [-0.3, -0.25) is 9.59 Å². The molecule has 1 rings (SSSR count). The van der Waals surface area contributed by atoms with Gasteiger partial charge in [0.2, 0.25) is 5.91 Å². The molecule has 0 spiro atoms. The maximum absolute atomic E-state index is 13.5. The number of esters is 1. The fourth-order valence-corrected chi connectivity index (χ4v) is 11.6. The van der Waals surface area contributed by atoms with Gasteiger partial charge >= 0.3 is 5.97 Å². The number of hydrogen-bond donors (Lipinski definition) is 6. The quantitative estimate of drug-likeness (QED) is 0.0195. The maximum atomic E-state index is 13.5. The van der Waals surface area contributed by atoms with Crippen LogP contribution in [-0.4, -0.2) is 99.6 Å². The normalized spacial score (nSPS) is 18.5. The summed E-state index contributed by atoms with van der Waals surface area (Å²) in [7, 11) is 0. The van der Waals surface area contributed by atoms with E-state index in [1.165, 1.54) is 167 Å². The number of amides is 1. The topological polar surface area (TPSA) is 175 Å². The lowest BCUT2D eigenvalue weighted by molar-refractivity contribution is -0.305. The van der Waals surface area contributed by atoms with Crippen LogP contribution in [-0.2, 0) is 23.8 Å². The zero-order valence-electron chi connectivity index (χ0n) is 59.9. The Labute approximate surface area is 570 Å². The Kier molecular flexibility index (Phi) is 64.1. The van der Waals surface area contributed by atoms with Gasteiger partial charge < -0.3 is 45.1 Å². The maximum Gasteiger partial charge on any atom is 0.306 e. The molecular weight excluding hydrogens is 1160 g/mol. The predicted octanol–water partition coefficient (Wildman–Crippen LogP) is 20.7. The molecule has 93 heavy (non-hydrogen) atoms. The van der Waals surface area contributed by atoms with Gasteiger partial charge in [0, 0.05) is 6.42 Å². The Morgan fingerprint density at radius 3 is 1.18 bits per heavy atom. The standard InChI is InChI=1S/C82H143NO10/c1-4-7-10-13-16-19-22-25-27-29-31-33-35-37-39-40-42-44-46-48-51-54-57-60-63-66-69-75(86)81(90)83-73(74(85)68-65-62-59-56-53-50-24-21-18-15-12-9-6-3)72-91-82-80(79(89)78(88)76(71-84)92-82)93-77(87)70-67-64-61-58-55-52-49-47-45-43-41-38-36-34-32-30-28-26-23-20-17-14-11-8-5-2/h7,10,16-17,19-20,25-28,31,33,37,39,42,44,65,68,73-76,78-80,82,84-86,88-89H,4-6,8-9,11-15,18,21-24,29-30,32,34-36,38,40-41,43,45-64,66-67,69-72H2,1-3H3,(H,83,90)/b10-7-,19-16-,20-17-,27-25-,28-26-,33-31-,39-37-,44-42-,68-65+. The van der Waals surface area contributed by atoms with Crippen LogP contribution in [0.1, 0.15) is 335 Å². The summed E-state index contributed by atoms with van der Waals surface area (Å²) in [6, 6.07) is -1.04. The molecule has 8 unspecified atom stereocenters. The number of nitrogens with one attached hydrogen (secondary N) is 1. The number of hydrogen-bond acceptors (Lipinski definition) is 10. The Balaban J connectivity index is 2.55. The fourth-order valence-electron chi connectivity index (χ4n) is 11.6. The number of unbranched alkanes of at least 4 members (excludes halogenated alkanes) is 36. The van der Waals surface area contributed by atoms with Crippen molar-refractivity contribution in [2.75, 3.05) is 13.2 Å².